The fourth-order valence-corrected chi connectivity index (χ4v) is 2.90. The van der Waals surface area contributed by atoms with E-state index < -0.39 is 0 Å². The van der Waals surface area contributed by atoms with Gasteiger partial charge < -0.3 is 15.2 Å². The Balaban J connectivity index is 2.19. The summed E-state index contributed by atoms with van der Waals surface area (Å²) < 4.78 is 10.8. The fraction of sp³-hybridized carbons (Fsp3) is 0.294. The fourth-order valence-electron chi connectivity index (χ4n) is 2.90. The van der Waals surface area contributed by atoms with Crippen LogP contribution in [0.3, 0.4) is 0 Å². The Morgan fingerprint density at radius 2 is 2.30 bits per heavy atom. The SMILES string of the molecule is CCCc1[nH]nc2c1[C@@H](c1cccc(OC)c1)C(C#N)=C(N)O2. The second kappa shape index (κ2) is 6.05. The highest BCUT2D eigenvalue weighted by Gasteiger charge is 2.34. The summed E-state index contributed by atoms with van der Waals surface area (Å²) in [5, 5.41) is 16.8. The minimum atomic E-state index is -0.306. The first-order valence-electron chi connectivity index (χ1n) is 7.48. The molecule has 0 spiro atoms. The number of benzene rings is 1. The molecule has 0 unspecified atom stereocenters. The minimum absolute atomic E-state index is 0.0994. The molecule has 6 heteroatoms. The van der Waals surface area contributed by atoms with Crippen molar-refractivity contribution in [1.82, 2.24) is 10.2 Å². The lowest BCUT2D eigenvalue weighted by Gasteiger charge is -2.24. The second-order valence-corrected chi connectivity index (χ2v) is 5.37. The lowest BCUT2D eigenvalue weighted by atomic mass is 9.83. The van der Waals surface area contributed by atoms with Gasteiger partial charge in [0.15, 0.2) is 0 Å². The van der Waals surface area contributed by atoms with E-state index in [1.165, 1.54) is 0 Å². The van der Waals surface area contributed by atoms with E-state index in [1.54, 1.807) is 7.11 Å². The summed E-state index contributed by atoms with van der Waals surface area (Å²) in [6.07, 6.45) is 1.78. The summed E-state index contributed by atoms with van der Waals surface area (Å²) in [7, 11) is 1.62. The second-order valence-electron chi connectivity index (χ2n) is 5.37. The van der Waals surface area contributed by atoms with Crippen molar-refractivity contribution in [3.8, 4) is 17.7 Å². The maximum Gasteiger partial charge on any atom is 0.244 e. The number of nitrogens with one attached hydrogen (secondary N) is 1. The molecule has 2 aromatic rings. The standard InChI is InChI=1S/C17H18N4O2/c1-3-5-13-15-14(10-6-4-7-11(8-10)22-2)12(9-18)16(19)23-17(15)21-20-13/h4,6-8,14H,3,5,19H2,1-2H3,(H,20,21)/t14-/m0/s1. The molecule has 0 saturated carbocycles. The smallest absolute Gasteiger partial charge is 0.244 e. The molecule has 0 saturated heterocycles. The van der Waals surface area contributed by atoms with Gasteiger partial charge in [0.25, 0.3) is 0 Å². The number of hydrogen-bond acceptors (Lipinski definition) is 5. The zero-order valence-electron chi connectivity index (χ0n) is 13.1. The molecule has 0 bridgehead atoms. The Labute approximate surface area is 134 Å². The molecule has 1 atom stereocenters. The van der Waals surface area contributed by atoms with Crippen molar-refractivity contribution < 1.29 is 9.47 Å². The summed E-state index contributed by atoms with van der Waals surface area (Å²) >= 11 is 0. The van der Waals surface area contributed by atoms with Gasteiger partial charge in [-0.1, -0.05) is 25.5 Å². The van der Waals surface area contributed by atoms with E-state index in [-0.39, 0.29) is 11.8 Å². The topological polar surface area (TPSA) is 97.0 Å². The van der Waals surface area contributed by atoms with Crippen LogP contribution in [0, 0.1) is 11.3 Å². The molecule has 2 heterocycles. The molecule has 0 aliphatic carbocycles. The third-order valence-corrected chi connectivity index (χ3v) is 3.94. The highest BCUT2D eigenvalue weighted by Crippen LogP contribution is 2.43. The van der Waals surface area contributed by atoms with Crippen molar-refractivity contribution in [2.75, 3.05) is 7.11 Å². The number of nitrogens with two attached hydrogens (primary N) is 1. The summed E-state index contributed by atoms with van der Waals surface area (Å²) in [4.78, 5) is 0. The molecule has 1 aromatic carbocycles. The van der Waals surface area contributed by atoms with Crippen LogP contribution in [0.25, 0.3) is 0 Å². The average molecular weight is 310 g/mol. The van der Waals surface area contributed by atoms with Gasteiger partial charge in [-0.15, -0.1) is 5.10 Å². The molecule has 118 valence electrons. The number of fused-ring (bicyclic) bond motifs is 1. The summed E-state index contributed by atoms with van der Waals surface area (Å²) in [6.45, 7) is 2.09. The number of aromatic nitrogens is 2. The molecule has 1 aliphatic heterocycles. The van der Waals surface area contributed by atoms with Crippen molar-refractivity contribution in [2.24, 2.45) is 5.73 Å². The predicted molar refractivity (Wildman–Crippen MR) is 84.9 cm³/mol. The third-order valence-electron chi connectivity index (χ3n) is 3.94. The van der Waals surface area contributed by atoms with E-state index in [0.29, 0.717) is 11.5 Å². The zero-order valence-corrected chi connectivity index (χ0v) is 13.1. The largest absolute Gasteiger partial charge is 0.497 e. The average Bonchev–Trinajstić information content (AvgIpc) is 2.96. The van der Waals surface area contributed by atoms with Crippen LogP contribution in [0.5, 0.6) is 11.6 Å². The number of aromatic amines is 1. The van der Waals surface area contributed by atoms with Crippen LogP contribution < -0.4 is 15.2 Å². The molecule has 1 aliphatic rings. The quantitative estimate of drug-likeness (QED) is 0.904. The van der Waals surface area contributed by atoms with Crippen molar-refractivity contribution in [3.63, 3.8) is 0 Å². The predicted octanol–water partition coefficient (Wildman–Crippen LogP) is 2.59. The van der Waals surface area contributed by atoms with Crippen molar-refractivity contribution in [2.45, 2.75) is 25.7 Å². The molecular formula is C17H18N4O2. The third kappa shape index (κ3) is 2.50. The van der Waals surface area contributed by atoms with E-state index in [4.69, 9.17) is 15.2 Å². The Morgan fingerprint density at radius 1 is 1.48 bits per heavy atom. The number of hydrogen-bond donors (Lipinski definition) is 2. The molecule has 1 aromatic heterocycles. The van der Waals surface area contributed by atoms with Crippen LogP contribution in [0.2, 0.25) is 0 Å². The monoisotopic (exact) mass is 310 g/mol. The molecule has 0 amide bonds. The molecule has 6 nitrogen and oxygen atoms in total. The van der Waals surface area contributed by atoms with Gasteiger partial charge >= 0.3 is 0 Å². The summed E-state index contributed by atoms with van der Waals surface area (Å²) in [6, 6.07) is 9.81. The molecule has 0 fully saturated rings. The first kappa shape index (κ1) is 15.0. The number of nitriles is 1. The maximum atomic E-state index is 9.57. The molecule has 3 rings (SSSR count). The number of allylic oxidation sites excluding steroid dienone is 1. The number of nitrogens with zero attached hydrogens (tertiary/aromatic N) is 2. The van der Waals surface area contributed by atoms with Gasteiger partial charge in [0.1, 0.15) is 17.4 Å². The number of rotatable bonds is 4. The lowest BCUT2D eigenvalue weighted by Crippen LogP contribution is -2.21. The Hall–Kier alpha value is -2.94. The van der Waals surface area contributed by atoms with Crippen LogP contribution in [0.4, 0.5) is 0 Å². The van der Waals surface area contributed by atoms with Crippen LogP contribution in [-0.4, -0.2) is 17.3 Å². The summed E-state index contributed by atoms with van der Waals surface area (Å²) in [5.74, 6) is 0.964. The van der Waals surface area contributed by atoms with E-state index in [0.717, 1.165) is 35.4 Å². The van der Waals surface area contributed by atoms with Crippen LogP contribution >= 0.6 is 0 Å². The van der Waals surface area contributed by atoms with Gasteiger partial charge in [-0.2, -0.15) is 5.26 Å². The van der Waals surface area contributed by atoms with Crippen LogP contribution in [-0.2, 0) is 6.42 Å². The Bertz CT molecular complexity index is 801. The Kier molecular flexibility index (Phi) is 3.94. The maximum absolute atomic E-state index is 9.57. The van der Waals surface area contributed by atoms with E-state index >= 15 is 0 Å². The number of aryl methyl sites for hydroxylation is 1. The van der Waals surface area contributed by atoms with Crippen LogP contribution in [0.1, 0.15) is 36.1 Å². The number of methoxy groups -OCH3 is 1. The van der Waals surface area contributed by atoms with Gasteiger partial charge in [-0.3, -0.25) is 5.10 Å². The summed E-state index contributed by atoms with van der Waals surface area (Å²) in [5.41, 5.74) is 9.10. The molecule has 23 heavy (non-hydrogen) atoms. The van der Waals surface area contributed by atoms with Gasteiger partial charge in [0.2, 0.25) is 11.8 Å². The van der Waals surface area contributed by atoms with E-state index in [1.807, 2.05) is 24.3 Å². The van der Waals surface area contributed by atoms with Crippen molar-refractivity contribution >= 4 is 0 Å². The lowest BCUT2D eigenvalue weighted by molar-refractivity contribution is 0.378. The first-order valence-corrected chi connectivity index (χ1v) is 7.48. The van der Waals surface area contributed by atoms with Gasteiger partial charge in [-0.25, -0.2) is 0 Å². The minimum Gasteiger partial charge on any atom is -0.497 e. The van der Waals surface area contributed by atoms with E-state index in [9.17, 15) is 5.26 Å². The van der Waals surface area contributed by atoms with Gasteiger partial charge in [0.05, 0.1) is 13.0 Å². The van der Waals surface area contributed by atoms with Crippen molar-refractivity contribution in [3.05, 3.63) is 52.5 Å². The van der Waals surface area contributed by atoms with Crippen molar-refractivity contribution in [1.29, 1.82) is 5.26 Å². The number of H-pyrrole nitrogens is 1. The zero-order chi connectivity index (χ0) is 16.4. The highest BCUT2D eigenvalue weighted by molar-refractivity contribution is 5.55. The number of ether oxygens (including phenoxy) is 2. The van der Waals surface area contributed by atoms with E-state index in [2.05, 4.69) is 23.2 Å². The molecule has 0 radical (unpaired) electrons. The molecular weight excluding hydrogens is 292 g/mol. The van der Waals surface area contributed by atoms with Gasteiger partial charge in [0, 0.05) is 11.3 Å². The highest BCUT2D eigenvalue weighted by atomic mass is 16.5. The normalized spacial score (nSPS) is 16.5. The first-order chi connectivity index (χ1) is 11.2. The Morgan fingerprint density at radius 3 is 3.00 bits per heavy atom. The van der Waals surface area contributed by atoms with Gasteiger partial charge in [-0.05, 0) is 24.1 Å². The van der Waals surface area contributed by atoms with Crippen LogP contribution in [0.15, 0.2) is 35.7 Å². The molecule has 3 N–H and O–H groups in total.